The van der Waals surface area contributed by atoms with Crippen LogP contribution >= 0.6 is 0 Å². The Hall–Kier alpha value is -2.22. The fourth-order valence-electron chi connectivity index (χ4n) is 5.40. The fourth-order valence-corrected chi connectivity index (χ4v) is 5.40. The van der Waals surface area contributed by atoms with Gasteiger partial charge >= 0.3 is 0 Å². The molecule has 33 heavy (non-hydrogen) atoms. The van der Waals surface area contributed by atoms with Gasteiger partial charge < -0.3 is 18.8 Å². The lowest BCUT2D eigenvalue weighted by molar-refractivity contribution is -0.181. The summed E-state index contributed by atoms with van der Waals surface area (Å²) in [5.41, 5.74) is 0.960. The van der Waals surface area contributed by atoms with E-state index in [-0.39, 0.29) is 11.7 Å². The Morgan fingerprint density at radius 2 is 1.79 bits per heavy atom. The lowest BCUT2D eigenvalue weighted by Gasteiger charge is -2.37. The number of hydrogen-bond acceptors (Lipinski definition) is 5. The molecule has 178 valence electrons. The summed E-state index contributed by atoms with van der Waals surface area (Å²) >= 11 is 0. The molecule has 1 amide bonds. The van der Waals surface area contributed by atoms with Crippen molar-refractivity contribution in [2.24, 2.45) is 0 Å². The van der Waals surface area contributed by atoms with Gasteiger partial charge in [0.1, 0.15) is 11.6 Å². The maximum absolute atomic E-state index is 13.8. The quantitative estimate of drug-likeness (QED) is 0.629. The van der Waals surface area contributed by atoms with Crippen molar-refractivity contribution in [2.75, 3.05) is 26.3 Å². The highest BCUT2D eigenvalue weighted by molar-refractivity contribution is 5.91. The Kier molecular flexibility index (Phi) is 6.81. The molecule has 1 aromatic heterocycles. The van der Waals surface area contributed by atoms with Crippen LogP contribution in [-0.2, 0) is 22.6 Å². The minimum absolute atomic E-state index is 0.0801. The van der Waals surface area contributed by atoms with Crippen LogP contribution in [0.4, 0.5) is 4.39 Å². The molecule has 1 aliphatic carbocycles. The van der Waals surface area contributed by atoms with E-state index in [1.807, 2.05) is 17.0 Å². The molecule has 0 N–H and O–H groups in total. The van der Waals surface area contributed by atoms with Crippen molar-refractivity contribution < 1.29 is 23.1 Å². The zero-order valence-corrected chi connectivity index (χ0v) is 19.1. The largest absolute Gasteiger partial charge is 0.455 e. The number of amides is 1. The molecule has 0 unspecified atom stereocenters. The van der Waals surface area contributed by atoms with E-state index in [0.717, 1.165) is 24.2 Å². The zero-order valence-electron chi connectivity index (χ0n) is 19.1. The Labute approximate surface area is 194 Å². The van der Waals surface area contributed by atoms with Crippen LogP contribution < -0.4 is 0 Å². The first kappa shape index (κ1) is 22.6. The molecule has 2 aromatic rings. The van der Waals surface area contributed by atoms with Gasteiger partial charge in [-0.15, -0.1) is 0 Å². The van der Waals surface area contributed by atoms with E-state index in [1.165, 1.54) is 25.3 Å². The van der Waals surface area contributed by atoms with Crippen LogP contribution in [0.1, 0.15) is 66.8 Å². The Morgan fingerprint density at radius 3 is 2.52 bits per heavy atom. The van der Waals surface area contributed by atoms with Gasteiger partial charge in [0.2, 0.25) is 0 Å². The third-order valence-electron chi connectivity index (χ3n) is 7.22. The second-order valence-corrected chi connectivity index (χ2v) is 9.49. The van der Waals surface area contributed by atoms with Gasteiger partial charge in [-0.3, -0.25) is 9.69 Å². The van der Waals surface area contributed by atoms with Crippen molar-refractivity contribution >= 4 is 5.91 Å². The minimum Gasteiger partial charge on any atom is -0.455 e. The first-order chi connectivity index (χ1) is 16.1. The number of carbonyl (C=O) groups excluding carboxylic acids is 1. The number of likely N-dealkylation sites (tertiary alicyclic amines) is 1. The molecule has 6 nitrogen and oxygen atoms in total. The van der Waals surface area contributed by atoms with E-state index in [0.29, 0.717) is 64.0 Å². The van der Waals surface area contributed by atoms with Crippen molar-refractivity contribution in [3.63, 3.8) is 0 Å². The average molecular weight is 457 g/mol. The Bertz CT molecular complexity index is 939. The lowest BCUT2D eigenvalue weighted by atomic mass is 9.93. The van der Waals surface area contributed by atoms with Crippen molar-refractivity contribution in [3.8, 4) is 0 Å². The number of halogens is 1. The molecule has 5 rings (SSSR count). The molecule has 0 radical (unpaired) electrons. The molecule has 3 heterocycles. The monoisotopic (exact) mass is 456 g/mol. The van der Waals surface area contributed by atoms with Crippen molar-refractivity contribution in [1.29, 1.82) is 0 Å². The third-order valence-corrected chi connectivity index (χ3v) is 7.22. The van der Waals surface area contributed by atoms with E-state index in [4.69, 9.17) is 13.9 Å². The number of piperidine rings is 1. The maximum Gasteiger partial charge on any atom is 0.289 e. The van der Waals surface area contributed by atoms with Gasteiger partial charge in [-0.2, -0.15) is 0 Å². The number of benzene rings is 1. The maximum atomic E-state index is 13.8. The summed E-state index contributed by atoms with van der Waals surface area (Å²) in [4.78, 5) is 17.2. The molecular formula is C26H33FN2O4. The summed E-state index contributed by atoms with van der Waals surface area (Å²) in [6.45, 7) is 3.73. The minimum atomic E-state index is -0.498. The van der Waals surface area contributed by atoms with E-state index in [1.54, 1.807) is 18.2 Å². The van der Waals surface area contributed by atoms with Crippen LogP contribution in [0, 0.1) is 5.82 Å². The van der Waals surface area contributed by atoms with Crippen LogP contribution in [-0.4, -0.2) is 53.8 Å². The number of nitrogens with zero attached hydrogens (tertiary/aromatic N) is 2. The number of carbonyl (C=O) groups is 1. The topological polar surface area (TPSA) is 55.2 Å². The Morgan fingerprint density at radius 1 is 1.03 bits per heavy atom. The second kappa shape index (κ2) is 9.95. The summed E-state index contributed by atoms with van der Waals surface area (Å²) in [5.74, 6) is 0.365. The van der Waals surface area contributed by atoms with E-state index >= 15 is 0 Å². The number of furan rings is 1. The van der Waals surface area contributed by atoms with E-state index in [2.05, 4.69) is 4.90 Å². The molecule has 2 saturated heterocycles. The SMILES string of the molecule is O=C(c1ccc(CN(Cc2cccc(F)c2)C2CCCCC2)o1)N1CCC2(CC1)OCCO2. The van der Waals surface area contributed by atoms with Crippen LogP contribution in [0.5, 0.6) is 0 Å². The normalized spacial score (nSPS) is 21.2. The molecule has 1 saturated carbocycles. The first-order valence-corrected chi connectivity index (χ1v) is 12.2. The van der Waals surface area contributed by atoms with Crippen molar-refractivity contribution in [1.82, 2.24) is 9.80 Å². The van der Waals surface area contributed by atoms with Gasteiger partial charge in [0.05, 0.1) is 19.8 Å². The predicted octanol–water partition coefficient (Wildman–Crippen LogP) is 4.73. The molecule has 2 aliphatic heterocycles. The molecule has 3 aliphatic rings. The van der Waals surface area contributed by atoms with Crippen LogP contribution in [0.15, 0.2) is 40.8 Å². The second-order valence-electron chi connectivity index (χ2n) is 9.49. The molecule has 3 fully saturated rings. The van der Waals surface area contributed by atoms with Crippen LogP contribution in [0.25, 0.3) is 0 Å². The molecule has 1 aromatic carbocycles. The smallest absolute Gasteiger partial charge is 0.289 e. The lowest BCUT2D eigenvalue weighted by Crippen LogP contribution is -2.47. The summed E-state index contributed by atoms with van der Waals surface area (Å²) in [6.07, 6.45) is 7.37. The number of rotatable bonds is 6. The van der Waals surface area contributed by atoms with Gasteiger partial charge in [0.25, 0.3) is 5.91 Å². The number of ether oxygens (including phenoxy) is 2. The first-order valence-electron chi connectivity index (χ1n) is 12.2. The highest BCUT2D eigenvalue weighted by Crippen LogP contribution is 2.32. The van der Waals surface area contributed by atoms with Gasteiger partial charge in [0, 0.05) is 38.5 Å². The number of hydrogen-bond donors (Lipinski definition) is 0. The fraction of sp³-hybridized carbons (Fsp3) is 0.577. The van der Waals surface area contributed by atoms with Crippen molar-refractivity contribution in [3.05, 3.63) is 59.3 Å². The molecule has 0 atom stereocenters. The average Bonchev–Trinajstić information content (AvgIpc) is 3.49. The van der Waals surface area contributed by atoms with Gasteiger partial charge in [-0.25, -0.2) is 4.39 Å². The molecule has 0 bridgehead atoms. The standard InChI is InChI=1S/C26H33FN2O4/c27-21-6-4-5-20(17-21)18-29(22-7-2-1-3-8-22)19-23-9-10-24(33-23)25(30)28-13-11-26(12-14-28)31-15-16-32-26/h4-6,9-10,17,22H,1-3,7-8,11-16,18-19H2. The third kappa shape index (κ3) is 5.31. The van der Waals surface area contributed by atoms with Crippen LogP contribution in [0.3, 0.4) is 0 Å². The van der Waals surface area contributed by atoms with Gasteiger partial charge in [-0.05, 0) is 42.7 Å². The van der Waals surface area contributed by atoms with Crippen LogP contribution in [0.2, 0.25) is 0 Å². The van der Waals surface area contributed by atoms with Crippen molar-refractivity contribution in [2.45, 2.75) is 69.9 Å². The highest BCUT2D eigenvalue weighted by atomic mass is 19.1. The van der Waals surface area contributed by atoms with E-state index < -0.39 is 5.79 Å². The zero-order chi connectivity index (χ0) is 22.7. The summed E-state index contributed by atoms with van der Waals surface area (Å²) in [6, 6.07) is 10.9. The summed E-state index contributed by atoms with van der Waals surface area (Å²) < 4.78 is 31.3. The molecular weight excluding hydrogens is 423 g/mol. The van der Waals surface area contributed by atoms with Gasteiger partial charge in [0.15, 0.2) is 11.5 Å². The predicted molar refractivity (Wildman–Crippen MR) is 121 cm³/mol. The highest BCUT2D eigenvalue weighted by Gasteiger charge is 2.41. The van der Waals surface area contributed by atoms with Gasteiger partial charge in [-0.1, -0.05) is 31.4 Å². The Balaban J connectivity index is 1.24. The molecule has 1 spiro atoms. The van der Waals surface area contributed by atoms with E-state index in [9.17, 15) is 9.18 Å². The summed E-state index contributed by atoms with van der Waals surface area (Å²) in [5, 5.41) is 0. The summed E-state index contributed by atoms with van der Waals surface area (Å²) in [7, 11) is 0. The molecule has 7 heteroatoms.